The molecule has 1 aliphatic rings. The summed E-state index contributed by atoms with van der Waals surface area (Å²) in [5, 5.41) is 9.07. The molecule has 90 valence electrons. The van der Waals surface area contributed by atoms with Gasteiger partial charge in [0.15, 0.2) is 6.29 Å². The fourth-order valence-corrected chi connectivity index (χ4v) is 1.71. The Morgan fingerprint density at radius 1 is 1.47 bits per heavy atom. The highest BCUT2D eigenvalue weighted by Crippen LogP contribution is 2.27. The van der Waals surface area contributed by atoms with E-state index in [9.17, 15) is 0 Å². The van der Waals surface area contributed by atoms with Crippen molar-refractivity contribution >= 4 is 0 Å². The average Bonchev–Trinajstić information content (AvgIpc) is 2.43. The van der Waals surface area contributed by atoms with Crippen LogP contribution in [-0.2, 0) is 14.2 Å². The number of hydrogen-bond acceptors (Lipinski definition) is 4. The molecule has 0 radical (unpaired) electrons. The largest absolute Gasteiger partial charge is 0.391 e. The molecule has 1 saturated heterocycles. The fraction of sp³-hybridized carbons (Fsp3) is 1.00. The summed E-state index contributed by atoms with van der Waals surface area (Å²) in [5.74, 6) is 0. The molecule has 0 bridgehead atoms. The molecule has 0 aromatic carbocycles. The van der Waals surface area contributed by atoms with E-state index < -0.39 is 6.29 Å². The Kier molecular flexibility index (Phi) is 4.52. The van der Waals surface area contributed by atoms with Gasteiger partial charge in [-0.05, 0) is 27.7 Å². The van der Waals surface area contributed by atoms with E-state index in [0.717, 1.165) is 6.42 Å². The normalized spacial score (nSPS) is 27.2. The van der Waals surface area contributed by atoms with Gasteiger partial charge in [0.2, 0.25) is 0 Å². The predicted octanol–water partition coefficient (Wildman–Crippen LogP) is 1.31. The first-order chi connectivity index (χ1) is 6.93. The third-order valence-corrected chi connectivity index (χ3v) is 2.30. The van der Waals surface area contributed by atoms with Crippen LogP contribution in [0.4, 0.5) is 0 Å². The van der Waals surface area contributed by atoms with Crippen molar-refractivity contribution in [3.05, 3.63) is 0 Å². The van der Waals surface area contributed by atoms with Crippen LogP contribution in [0.5, 0.6) is 0 Å². The van der Waals surface area contributed by atoms with Crippen molar-refractivity contribution in [1.82, 2.24) is 0 Å². The summed E-state index contributed by atoms with van der Waals surface area (Å²) in [5.41, 5.74) is -0.123. The lowest BCUT2D eigenvalue weighted by molar-refractivity contribution is -0.202. The molecule has 0 aliphatic carbocycles. The molecule has 1 heterocycles. The summed E-state index contributed by atoms with van der Waals surface area (Å²) in [7, 11) is 0. The number of ether oxygens (including phenoxy) is 3. The van der Waals surface area contributed by atoms with Crippen LogP contribution in [0.25, 0.3) is 0 Å². The van der Waals surface area contributed by atoms with Crippen LogP contribution in [0, 0.1) is 0 Å². The van der Waals surface area contributed by atoms with Crippen LogP contribution in [0.3, 0.4) is 0 Å². The zero-order valence-corrected chi connectivity index (χ0v) is 10.0. The number of hydrogen-bond donors (Lipinski definition) is 1. The van der Waals surface area contributed by atoms with E-state index in [2.05, 4.69) is 0 Å². The maximum absolute atomic E-state index is 9.07. The minimum atomic E-state index is -0.535. The summed E-state index contributed by atoms with van der Waals surface area (Å²) in [6.07, 6.45) is 0.381. The van der Waals surface area contributed by atoms with Crippen LogP contribution in [0.15, 0.2) is 0 Å². The van der Waals surface area contributed by atoms with E-state index in [0.29, 0.717) is 6.61 Å². The van der Waals surface area contributed by atoms with Crippen molar-refractivity contribution in [2.24, 2.45) is 0 Å². The first-order valence-electron chi connectivity index (χ1n) is 5.48. The highest BCUT2D eigenvalue weighted by Gasteiger charge is 2.34. The SMILES string of the molecule is CC(C)OC(CO)OC1COC(C)(C)C1. The highest BCUT2D eigenvalue weighted by atomic mass is 16.7. The van der Waals surface area contributed by atoms with E-state index in [4.69, 9.17) is 19.3 Å². The zero-order chi connectivity index (χ0) is 11.5. The second-order valence-corrected chi connectivity index (χ2v) is 4.83. The zero-order valence-electron chi connectivity index (χ0n) is 10.0. The van der Waals surface area contributed by atoms with Gasteiger partial charge in [-0.25, -0.2) is 0 Å². The van der Waals surface area contributed by atoms with Crippen LogP contribution < -0.4 is 0 Å². The highest BCUT2D eigenvalue weighted by molar-refractivity contribution is 4.81. The van der Waals surface area contributed by atoms with Crippen LogP contribution >= 0.6 is 0 Å². The van der Waals surface area contributed by atoms with Crippen molar-refractivity contribution in [2.75, 3.05) is 13.2 Å². The maximum Gasteiger partial charge on any atom is 0.181 e. The first-order valence-corrected chi connectivity index (χ1v) is 5.48. The summed E-state index contributed by atoms with van der Waals surface area (Å²) >= 11 is 0. The molecule has 1 fully saturated rings. The molecule has 0 spiro atoms. The fourth-order valence-electron chi connectivity index (χ4n) is 1.71. The minimum Gasteiger partial charge on any atom is -0.391 e. The summed E-state index contributed by atoms with van der Waals surface area (Å²) in [6.45, 7) is 8.36. The predicted molar refractivity (Wildman–Crippen MR) is 56.6 cm³/mol. The van der Waals surface area contributed by atoms with E-state index in [1.165, 1.54) is 0 Å². The molecule has 0 aromatic heterocycles. The molecular formula is C11H22O4. The smallest absolute Gasteiger partial charge is 0.181 e. The third kappa shape index (κ3) is 4.47. The molecular weight excluding hydrogens is 196 g/mol. The molecule has 0 aromatic rings. The van der Waals surface area contributed by atoms with E-state index in [-0.39, 0.29) is 24.4 Å². The van der Waals surface area contributed by atoms with Gasteiger partial charge in [0.25, 0.3) is 0 Å². The van der Waals surface area contributed by atoms with Crippen molar-refractivity contribution in [1.29, 1.82) is 0 Å². The Morgan fingerprint density at radius 2 is 2.13 bits per heavy atom. The van der Waals surface area contributed by atoms with Crippen molar-refractivity contribution < 1.29 is 19.3 Å². The lowest BCUT2D eigenvalue weighted by Gasteiger charge is -2.22. The number of aliphatic hydroxyl groups excluding tert-OH is 1. The van der Waals surface area contributed by atoms with Gasteiger partial charge in [0.05, 0.1) is 31.0 Å². The van der Waals surface area contributed by atoms with Crippen LogP contribution in [-0.4, -0.2) is 42.4 Å². The Labute approximate surface area is 91.5 Å². The molecule has 0 amide bonds. The maximum atomic E-state index is 9.07. The van der Waals surface area contributed by atoms with Gasteiger partial charge in [0, 0.05) is 6.42 Å². The van der Waals surface area contributed by atoms with Gasteiger partial charge in [-0.1, -0.05) is 0 Å². The number of aliphatic hydroxyl groups is 1. The quantitative estimate of drug-likeness (QED) is 0.707. The minimum absolute atomic E-state index is 0.0240. The Morgan fingerprint density at radius 3 is 2.53 bits per heavy atom. The van der Waals surface area contributed by atoms with Crippen molar-refractivity contribution in [3.63, 3.8) is 0 Å². The molecule has 0 saturated carbocycles. The first kappa shape index (κ1) is 12.9. The van der Waals surface area contributed by atoms with Crippen LogP contribution in [0.2, 0.25) is 0 Å². The van der Waals surface area contributed by atoms with Gasteiger partial charge < -0.3 is 19.3 Å². The van der Waals surface area contributed by atoms with E-state index in [1.807, 2.05) is 27.7 Å². The Bertz CT molecular complexity index is 191. The van der Waals surface area contributed by atoms with Gasteiger partial charge in [-0.3, -0.25) is 0 Å². The van der Waals surface area contributed by atoms with Gasteiger partial charge >= 0.3 is 0 Å². The second kappa shape index (κ2) is 5.25. The molecule has 1 rings (SSSR count). The second-order valence-electron chi connectivity index (χ2n) is 4.83. The molecule has 2 unspecified atom stereocenters. The standard InChI is InChI=1S/C11H22O4/c1-8(2)14-10(6-12)15-9-5-11(3,4)13-7-9/h8-10,12H,5-7H2,1-4H3. The average molecular weight is 218 g/mol. The van der Waals surface area contributed by atoms with Gasteiger partial charge in [-0.15, -0.1) is 0 Å². The molecule has 15 heavy (non-hydrogen) atoms. The summed E-state index contributed by atoms with van der Waals surface area (Å²) < 4.78 is 16.6. The third-order valence-electron chi connectivity index (χ3n) is 2.30. The van der Waals surface area contributed by atoms with Gasteiger partial charge in [-0.2, -0.15) is 0 Å². The van der Waals surface area contributed by atoms with Crippen LogP contribution in [0.1, 0.15) is 34.1 Å². The van der Waals surface area contributed by atoms with E-state index >= 15 is 0 Å². The molecule has 4 nitrogen and oxygen atoms in total. The van der Waals surface area contributed by atoms with Gasteiger partial charge in [0.1, 0.15) is 0 Å². The lowest BCUT2D eigenvalue weighted by Crippen LogP contribution is -2.30. The summed E-state index contributed by atoms with van der Waals surface area (Å²) in [6, 6.07) is 0. The lowest BCUT2D eigenvalue weighted by atomic mass is 10.1. The Hall–Kier alpha value is -0.160. The Balaban J connectivity index is 2.33. The van der Waals surface area contributed by atoms with Crippen molar-refractivity contribution in [3.8, 4) is 0 Å². The van der Waals surface area contributed by atoms with Crippen molar-refractivity contribution in [2.45, 2.75) is 58.2 Å². The van der Waals surface area contributed by atoms with E-state index in [1.54, 1.807) is 0 Å². The molecule has 1 N–H and O–H groups in total. The topological polar surface area (TPSA) is 47.9 Å². The number of rotatable bonds is 5. The monoisotopic (exact) mass is 218 g/mol. The molecule has 2 atom stereocenters. The summed E-state index contributed by atoms with van der Waals surface area (Å²) in [4.78, 5) is 0. The molecule has 1 aliphatic heterocycles. The molecule has 4 heteroatoms.